The third-order valence-electron chi connectivity index (χ3n) is 2.44. The Balaban J connectivity index is 2.34. The van der Waals surface area contributed by atoms with Crippen molar-refractivity contribution in [3.8, 4) is 17.0 Å². The van der Waals surface area contributed by atoms with Crippen LogP contribution in [0.15, 0.2) is 24.3 Å². The lowest BCUT2D eigenvalue weighted by molar-refractivity contribution is 0.0532. The molecule has 0 unspecified atom stereocenters. The maximum absolute atomic E-state index is 13.7. The first-order chi connectivity index (χ1) is 9.15. The van der Waals surface area contributed by atoms with Crippen molar-refractivity contribution in [2.75, 3.05) is 13.7 Å². The lowest BCUT2D eigenvalue weighted by Crippen LogP contribution is -2.01. The predicted octanol–water partition coefficient (Wildman–Crippen LogP) is 3.13. The molecule has 0 aliphatic rings. The Labute approximate surface area is 114 Å². The van der Waals surface area contributed by atoms with Gasteiger partial charge in [0.25, 0.3) is 0 Å². The fourth-order valence-electron chi connectivity index (χ4n) is 1.53. The van der Waals surface area contributed by atoms with Gasteiger partial charge in [0.2, 0.25) is 0 Å². The first-order valence-corrected chi connectivity index (χ1v) is 6.40. The van der Waals surface area contributed by atoms with Gasteiger partial charge in [-0.3, -0.25) is 0 Å². The van der Waals surface area contributed by atoms with Gasteiger partial charge >= 0.3 is 5.97 Å². The van der Waals surface area contributed by atoms with E-state index < -0.39 is 11.8 Å². The van der Waals surface area contributed by atoms with E-state index in [0.717, 1.165) is 11.5 Å². The van der Waals surface area contributed by atoms with Crippen molar-refractivity contribution >= 4 is 17.5 Å². The third kappa shape index (κ3) is 2.90. The van der Waals surface area contributed by atoms with E-state index in [9.17, 15) is 9.18 Å². The van der Waals surface area contributed by atoms with Gasteiger partial charge in [-0.2, -0.15) is 4.37 Å². The van der Waals surface area contributed by atoms with Gasteiger partial charge in [0.05, 0.1) is 19.4 Å². The number of aromatic nitrogens is 1. The third-order valence-corrected chi connectivity index (χ3v) is 3.21. The molecular formula is C13H12FNO3S. The van der Waals surface area contributed by atoms with E-state index in [0.29, 0.717) is 28.5 Å². The maximum atomic E-state index is 13.7. The van der Waals surface area contributed by atoms with Crippen LogP contribution in [-0.2, 0) is 4.74 Å². The molecule has 1 aromatic carbocycles. The van der Waals surface area contributed by atoms with Crippen LogP contribution in [0.2, 0.25) is 0 Å². The normalized spacial score (nSPS) is 10.3. The summed E-state index contributed by atoms with van der Waals surface area (Å²) in [5.41, 5.74) is 0.690. The number of ether oxygens (including phenoxy) is 2. The first-order valence-electron chi connectivity index (χ1n) is 5.63. The molecule has 100 valence electrons. The summed E-state index contributed by atoms with van der Waals surface area (Å²) in [7, 11) is 1.50. The molecule has 0 spiro atoms. The standard InChI is InChI=1S/C13H12FNO3S/c1-3-18-13(16)12-7-11(15-19-12)9-6-8(17-2)4-5-10(9)14/h4-7H,3H2,1-2H3. The fraction of sp³-hybridized carbons (Fsp3) is 0.231. The molecule has 0 atom stereocenters. The van der Waals surface area contributed by atoms with E-state index in [2.05, 4.69) is 4.37 Å². The van der Waals surface area contributed by atoms with Gasteiger partial charge in [0, 0.05) is 5.56 Å². The van der Waals surface area contributed by atoms with Gasteiger partial charge in [0.15, 0.2) is 0 Å². The largest absolute Gasteiger partial charge is 0.497 e. The van der Waals surface area contributed by atoms with E-state index >= 15 is 0 Å². The van der Waals surface area contributed by atoms with Crippen LogP contribution in [0.3, 0.4) is 0 Å². The average Bonchev–Trinajstić information content (AvgIpc) is 2.89. The van der Waals surface area contributed by atoms with Crippen molar-refractivity contribution in [3.05, 3.63) is 35.0 Å². The number of halogens is 1. The minimum atomic E-state index is -0.449. The molecule has 19 heavy (non-hydrogen) atoms. The average molecular weight is 281 g/mol. The smallest absolute Gasteiger partial charge is 0.349 e. The van der Waals surface area contributed by atoms with Crippen LogP contribution in [0.1, 0.15) is 16.6 Å². The Morgan fingerprint density at radius 3 is 2.89 bits per heavy atom. The molecule has 0 amide bonds. The Kier molecular flexibility index (Phi) is 4.11. The summed E-state index contributed by atoms with van der Waals surface area (Å²) < 4.78 is 27.7. The number of hydrogen-bond acceptors (Lipinski definition) is 5. The number of methoxy groups -OCH3 is 1. The molecule has 0 aliphatic heterocycles. The van der Waals surface area contributed by atoms with Crippen LogP contribution in [0.25, 0.3) is 11.3 Å². The van der Waals surface area contributed by atoms with Crippen LogP contribution in [-0.4, -0.2) is 24.1 Å². The summed E-state index contributed by atoms with van der Waals surface area (Å²) in [5, 5.41) is 0. The molecule has 2 aromatic rings. The molecule has 1 heterocycles. The second-order valence-electron chi connectivity index (χ2n) is 3.64. The highest BCUT2D eigenvalue weighted by molar-refractivity contribution is 7.08. The number of rotatable bonds is 4. The SMILES string of the molecule is CCOC(=O)c1cc(-c2cc(OC)ccc2F)ns1. The monoisotopic (exact) mass is 281 g/mol. The Morgan fingerprint density at radius 2 is 2.21 bits per heavy atom. The molecule has 0 radical (unpaired) electrons. The summed E-state index contributed by atoms with van der Waals surface area (Å²) in [4.78, 5) is 11.9. The summed E-state index contributed by atoms with van der Waals surface area (Å²) in [6.45, 7) is 2.02. The van der Waals surface area contributed by atoms with E-state index in [1.165, 1.54) is 25.3 Å². The zero-order valence-electron chi connectivity index (χ0n) is 10.5. The minimum absolute atomic E-state index is 0.291. The number of carbonyl (C=O) groups excluding carboxylic acids is 1. The second-order valence-corrected chi connectivity index (χ2v) is 4.45. The predicted molar refractivity (Wildman–Crippen MR) is 70.0 cm³/mol. The van der Waals surface area contributed by atoms with Gasteiger partial charge in [-0.15, -0.1) is 0 Å². The topological polar surface area (TPSA) is 48.4 Å². The van der Waals surface area contributed by atoms with E-state index in [-0.39, 0.29) is 0 Å². The van der Waals surface area contributed by atoms with Crippen LogP contribution < -0.4 is 4.74 Å². The molecule has 1 aromatic heterocycles. The molecule has 0 N–H and O–H groups in total. The molecule has 0 saturated heterocycles. The van der Waals surface area contributed by atoms with Crippen LogP contribution in [0.4, 0.5) is 4.39 Å². The number of carbonyl (C=O) groups is 1. The Bertz CT molecular complexity index is 597. The highest BCUT2D eigenvalue weighted by Crippen LogP contribution is 2.28. The molecular weight excluding hydrogens is 269 g/mol. The summed E-state index contributed by atoms with van der Waals surface area (Å²) >= 11 is 0.983. The molecule has 0 fully saturated rings. The van der Waals surface area contributed by atoms with Crippen molar-refractivity contribution in [1.82, 2.24) is 4.37 Å². The highest BCUT2D eigenvalue weighted by Gasteiger charge is 2.15. The van der Waals surface area contributed by atoms with Crippen molar-refractivity contribution in [2.24, 2.45) is 0 Å². The Hall–Kier alpha value is -1.95. The second kappa shape index (κ2) is 5.79. The van der Waals surface area contributed by atoms with Crippen molar-refractivity contribution < 1.29 is 18.7 Å². The summed E-state index contributed by atoms with van der Waals surface area (Å²) in [6.07, 6.45) is 0. The number of hydrogen-bond donors (Lipinski definition) is 0. The maximum Gasteiger partial charge on any atom is 0.349 e. The summed E-state index contributed by atoms with van der Waals surface area (Å²) in [5.74, 6) is -0.335. The Morgan fingerprint density at radius 1 is 1.42 bits per heavy atom. The highest BCUT2D eigenvalue weighted by atomic mass is 32.1. The molecule has 2 rings (SSSR count). The van der Waals surface area contributed by atoms with Gasteiger partial charge < -0.3 is 9.47 Å². The molecule has 0 saturated carbocycles. The lowest BCUT2D eigenvalue weighted by Gasteiger charge is -2.03. The van der Waals surface area contributed by atoms with Gasteiger partial charge in [-0.1, -0.05) is 0 Å². The molecule has 6 heteroatoms. The van der Waals surface area contributed by atoms with Crippen molar-refractivity contribution in [2.45, 2.75) is 6.92 Å². The lowest BCUT2D eigenvalue weighted by atomic mass is 10.1. The number of benzene rings is 1. The fourth-order valence-corrected chi connectivity index (χ4v) is 2.17. The van der Waals surface area contributed by atoms with E-state index in [1.807, 2.05) is 0 Å². The van der Waals surface area contributed by atoms with Crippen LogP contribution in [0.5, 0.6) is 5.75 Å². The van der Waals surface area contributed by atoms with Crippen LogP contribution >= 0.6 is 11.5 Å². The minimum Gasteiger partial charge on any atom is -0.497 e. The zero-order chi connectivity index (χ0) is 13.8. The van der Waals surface area contributed by atoms with E-state index in [4.69, 9.17) is 9.47 Å². The molecule has 0 bridgehead atoms. The molecule has 4 nitrogen and oxygen atoms in total. The van der Waals surface area contributed by atoms with Crippen LogP contribution in [0, 0.1) is 5.82 Å². The van der Waals surface area contributed by atoms with Gasteiger partial charge in [0.1, 0.15) is 16.4 Å². The van der Waals surface area contributed by atoms with Gasteiger partial charge in [-0.25, -0.2) is 9.18 Å². The first kappa shape index (κ1) is 13.5. The summed E-state index contributed by atoms with van der Waals surface area (Å²) in [6, 6.07) is 5.88. The van der Waals surface area contributed by atoms with Crippen molar-refractivity contribution in [3.63, 3.8) is 0 Å². The van der Waals surface area contributed by atoms with Gasteiger partial charge in [-0.05, 0) is 42.7 Å². The molecule has 0 aliphatic carbocycles. The van der Waals surface area contributed by atoms with Crippen molar-refractivity contribution in [1.29, 1.82) is 0 Å². The number of nitrogens with zero attached hydrogens (tertiary/aromatic N) is 1. The zero-order valence-corrected chi connectivity index (χ0v) is 11.3. The quantitative estimate of drug-likeness (QED) is 0.808. The van der Waals surface area contributed by atoms with E-state index in [1.54, 1.807) is 13.0 Å². The number of esters is 1.